The molecule has 1 aromatic carbocycles. The summed E-state index contributed by atoms with van der Waals surface area (Å²) in [5, 5.41) is 2.71. The predicted molar refractivity (Wildman–Crippen MR) is 91.2 cm³/mol. The van der Waals surface area contributed by atoms with Crippen LogP contribution >= 0.6 is 0 Å². The number of nitrogens with one attached hydrogen (secondary N) is 1. The third kappa shape index (κ3) is 5.15. The quantitative estimate of drug-likeness (QED) is 0.868. The summed E-state index contributed by atoms with van der Waals surface area (Å²) < 4.78 is 11.8. The molecule has 2 aromatic rings. The molecule has 1 heterocycles. The van der Waals surface area contributed by atoms with Gasteiger partial charge in [-0.1, -0.05) is 12.1 Å². The normalized spacial score (nSPS) is 11.0. The van der Waals surface area contributed by atoms with Crippen molar-refractivity contribution in [2.75, 3.05) is 12.4 Å². The van der Waals surface area contributed by atoms with Gasteiger partial charge in [0.1, 0.15) is 5.60 Å². The molecular formula is C18H22N2O4. The van der Waals surface area contributed by atoms with Crippen LogP contribution in [0, 0.1) is 0 Å². The molecule has 0 aliphatic rings. The summed E-state index contributed by atoms with van der Waals surface area (Å²) in [5.74, 6) is -0.367. The molecule has 0 unspecified atom stereocenters. The zero-order valence-electron chi connectivity index (χ0n) is 14.3. The van der Waals surface area contributed by atoms with Crippen LogP contribution in [0.4, 0.5) is 10.5 Å². The molecule has 1 N–H and O–H groups in total. The van der Waals surface area contributed by atoms with Gasteiger partial charge < -0.3 is 14.0 Å². The summed E-state index contributed by atoms with van der Waals surface area (Å²) in [6.45, 7) is 6.01. The van der Waals surface area contributed by atoms with Crippen molar-refractivity contribution >= 4 is 17.7 Å². The molecule has 24 heavy (non-hydrogen) atoms. The van der Waals surface area contributed by atoms with Crippen LogP contribution in [0.1, 0.15) is 36.7 Å². The van der Waals surface area contributed by atoms with E-state index < -0.39 is 11.7 Å². The largest absolute Gasteiger partial charge is 0.465 e. The first-order chi connectivity index (χ1) is 11.3. The average molecular weight is 330 g/mol. The number of nitrogens with zero attached hydrogens (tertiary/aromatic N) is 1. The van der Waals surface area contributed by atoms with Gasteiger partial charge in [-0.15, -0.1) is 0 Å². The number of methoxy groups -OCH3 is 1. The predicted octanol–water partition coefficient (Wildman–Crippen LogP) is 3.67. The maximum absolute atomic E-state index is 11.8. The monoisotopic (exact) mass is 330 g/mol. The van der Waals surface area contributed by atoms with Crippen molar-refractivity contribution in [1.82, 2.24) is 4.57 Å². The van der Waals surface area contributed by atoms with Crippen LogP contribution < -0.4 is 5.32 Å². The number of carbonyl (C=O) groups excluding carboxylic acids is 2. The second-order valence-corrected chi connectivity index (χ2v) is 6.39. The van der Waals surface area contributed by atoms with Gasteiger partial charge in [0.25, 0.3) is 0 Å². The van der Waals surface area contributed by atoms with Crippen molar-refractivity contribution in [3.05, 3.63) is 53.9 Å². The summed E-state index contributed by atoms with van der Waals surface area (Å²) in [6.07, 6.45) is 3.04. The van der Waals surface area contributed by atoms with Crippen LogP contribution in [0.3, 0.4) is 0 Å². The molecule has 0 atom stereocenters. The lowest BCUT2D eigenvalue weighted by Crippen LogP contribution is -2.27. The van der Waals surface area contributed by atoms with Gasteiger partial charge in [-0.3, -0.25) is 5.32 Å². The number of ether oxygens (including phenoxy) is 2. The van der Waals surface area contributed by atoms with Crippen molar-refractivity contribution in [3.8, 4) is 0 Å². The van der Waals surface area contributed by atoms with E-state index in [1.165, 1.54) is 7.11 Å². The molecular weight excluding hydrogens is 308 g/mol. The topological polar surface area (TPSA) is 69.6 Å². The Hall–Kier alpha value is -2.76. The molecule has 0 bridgehead atoms. The van der Waals surface area contributed by atoms with Gasteiger partial charge in [0.2, 0.25) is 0 Å². The minimum absolute atomic E-state index is 0.367. The molecule has 0 aliphatic heterocycles. The zero-order chi connectivity index (χ0) is 17.7. The van der Waals surface area contributed by atoms with Crippen molar-refractivity contribution < 1.29 is 19.1 Å². The molecule has 0 radical (unpaired) electrons. The lowest BCUT2D eigenvalue weighted by Gasteiger charge is -2.19. The number of hydrogen-bond donors (Lipinski definition) is 1. The molecule has 0 saturated heterocycles. The van der Waals surface area contributed by atoms with Gasteiger partial charge >= 0.3 is 12.1 Å². The number of benzene rings is 1. The Labute approximate surface area is 141 Å². The van der Waals surface area contributed by atoms with Crippen LogP contribution in [0.2, 0.25) is 0 Å². The highest BCUT2D eigenvalue weighted by atomic mass is 16.6. The van der Waals surface area contributed by atoms with E-state index in [1.807, 2.05) is 43.5 Å². The van der Waals surface area contributed by atoms with Crippen LogP contribution in [0.15, 0.2) is 42.7 Å². The average Bonchev–Trinajstić information content (AvgIpc) is 2.93. The number of esters is 1. The first-order valence-electron chi connectivity index (χ1n) is 7.60. The fourth-order valence-corrected chi connectivity index (χ4v) is 2.16. The zero-order valence-corrected chi connectivity index (χ0v) is 14.3. The van der Waals surface area contributed by atoms with Gasteiger partial charge in [-0.25, -0.2) is 9.59 Å². The summed E-state index contributed by atoms with van der Waals surface area (Å²) in [5.41, 5.74) is 1.59. The number of amides is 1. The third-order valence-corrected chi connectivity index (χ3v) is 3.11. The number of hydrogen-bond acceptors (Lipinski definition) is 4. The molecule has 0 aliphatic carbocycles. The highest BCUT2D eigenvalue weighted by molar-refractivity contribution is 5.89. The molecule has 128 valence electrons. The minimum atomic E-state index is -0.545. The van der Waals surface area contributed by atoms with Crippen LogP contribution in [0.5, 0.6) is 0 Å². The Morgan fingerprint density at radius 3 is 2.62 bits per heavy atom. The molecule has 1 aromatic heterocycles. The lowest BCUT2D eigenvalue weighted by atomic mass is 10.2. The van der Waals surface area contributed by atoms with E-state index in [4.69, 9.17) is 4.74 Å². The van der Waals surface area contributed by atoms with Crippen molar-refractivity contribution in [1.29, 1.82) is 0 Å². The fourth-order valence-electron chi connectivity index (χ4n) is 2.16. The number of rotatable bonds is 4. The molecule has 0 spiro atoms. The van der Waals surface area contributed by atoms with Crippen molar-refractivity contribution in [2.45, 2.75) is 32.9 Å². The van der Waals surface area contributed by atoms with E-state index in [9.17, 15) is 9.59 Å². The molecule has 6 heteroatoms. The maximum Gasteiger partial charge on any atom is 0.412 e. The number of aromatic nitrogens is 1. The van der Waals surface area contributed by atoms with Gasteiger partial charge in [-0.2, -0.15) is 0 Å². The molecule has 1 amide bonds. The summed E-state index contributed by atoms with van der Waals surface area (Å²) in [7, 11) is 1.35. The number of anilines is 1. The first-order valence-corrected chi connectivity index (χ1v) is 7.60. The van der Waals surface area contributed by atoms with E-state index in [0.717, 1.165) is 5.56 Å². The lowest BCUT2D eigenvalue weighted by molar-refractivity contribution is 0.0598. The summed E-state index contributed by atoms with van der Waals surface area (Å²) in [4.78, 5) is 23.3. The van der Waals surface area contributed by atoms with Gasteiger partial charge in [0, 0.05) is 24.6 Å². The summed E-state index contributed by atoms with van der Waals surface area (Å²) in [6, 6.07) is 9.16. The third-order valence-electron chi connectivity index (χ3n) is 3.11. The second kappa shape index (κ2) is 7.21. The van der Waals surface area contributed by atoms with Crippen molar-refractivity contribution in [2.24, 2.45) is 0 Å². The number of carbonyl (C=O) groups is 2. The van der Waals surface area contributed by atoms with E-state index in [-0.39, 0.29) is 5.97 Å². The van der Waals surface area contributed by atoms with E-state index in [2.05, 4.69) is 10.1 Å². The fraction of sp³-hybridized carbons (Fsp3) is 0.333. The van der Waals surface area contributed by atoms with Crippen LogP contribution in [-0.4, -0.2) is 29.3 Å². The first kappa shape index (κ1) is 17.6. The molecule has 2 rings (SSSR count). The Morgan fingerprint density at radius 1 is 1.21 bits per heavy atom. The van der Waals surface area contributed by atoms with E-state index in [1.54, 1.807) is 24.5 Å². The van der Waals surface area contributed by atoms with Crippen LogP contribution in [0.25, 0.3) is 0 Å². The highest BCUT2D eigenvalue weighted by Gasteiger charge is 2.16. The minimum Gasteiger partial charge on any atom is -0.465 e. The standard InChI is InChI=1S/C18H22N2O4/c1-18(2,3)24-17(22)19-15-7-5-6-13(10-15)11-20-9-8-14(12-20)16(21)23-4/h5-10,12H,11H2,1-4H3,(H,19,22). The SMILES string of the molecule is COC(=O)c1ccn(Cc2cccc(NC(=O)OC(C)(C)C)c2)c1. The second-order valence-electron chi connectivity index (χ2n) is 6.39. The smallest absolute Gasteiger partial charge is 0.412 e. The molecule has 6 nitrogen and oxygen atoms in total. The molecule has 0 fully saturated rings. The van der Waals surface area contributed by atoms with Crippen molar-refractivity contribution in [3.63, 3.8) is 0 Å². The Kier molecular flexibility index (Phi) is 5.28. The Bertz CT molecular complexity index is 729. The highest BCUT2D eigenvalue weighted by Crippen LogP contribution is 2.15. The Morgan fingerprint density at radius 2 is 1.96 bits per heavy atom. The van der Waals surface area contributed by atoms with Crippen LogP contribution in [-0.2, 0) is 16.0 Å². The van der Waals surface area contributed by atoms with E-state index >= 15 is 0 Å². The maximum atomic E-state index is 11.8. The van der Waals surface area contributed by atoms with Gasteiger partial charge in [0.15, 0.2) is 0 Å². The van der Waals surface area contributed by atoms with Gasteiger partial charge in [-0.05, 0) is 44.5 Å². The Balaban J connectivity index is 2.03. The van der Waals surface area contributed by atoms with Gasteiger partial charge in [0.05, 0.1) is 12.7 Å². The summed E-state index contributed by atoms with van der Waals surface area (Å²) >= 11 is 0. The van der Waals surface area contributed by atoms with E-state index in [0.29, 0.717) is 17.8 Å². The molecule has 0 saturated carbocycles.